The molecule has 6 nitrogen and oxygen atoms in total. The van der Waals surface area contributed by atoms with Gasteiger partial charge in [0.1, 0.15) is 6.23 Å². The van der Waals surface area contributed by atoms with Crippen LogP contribution in [-0.2, 0) is 4.74 Å². The fraction of sp³-hybridized carbons (Fsp3) is 0.588. The molecule has 140 valence electrons. The lowest BCUT2D eigenvalue weighted by atomic mass is 9.90. The van der Waals surface area contributed by atoms with Gasteiger partial charge in [-0.3, -0.25) is 4.90 Å². The number of esters is 1. The molecule has 0 spiro atoms. The lowest BCUT2D eigenvalue weighted by Gasteiger charge is -2.52. The molecule has 0 aliphatic carbocycles. The van der Waals surface area contributed by atoms with Gasteiger partial charge in [-0.15, -0.1) is 0 Å². The first-order valence-corrected chi connectivity index (χ1v) is 8.55. The lowest BCUT2D eigenvalue weighted by molar-refractivity contribution is -0.129. The van der Waals surface area contributed by atoms with Crippen LogP contribution in [-0.4, -0.2) is 39.6 Å². The molecule has 4 atom stereocenters. The number of ether oxygens (including phenoxy) is 1. The second-order valence-electron chi connectivity index (χ2n) is 6.59. The zero-order chi connectivity index (χ0) is 19.0. The minimum atomic E-state index is -2.37. The zero-order valence-electron chi connectivity index (χ0n) is 14.7. The molecule has 25 heavy (non-hydrogen) atoms. The summed E-state index contributed by atoms with van der Waals surface area (Å²) >= 11 is 6.04. The lowest BCUT2D eigenvalue weighted by Crippen LogP contribution is -2.74. The summed E-state index contributed by atoms with van der Waals surface area (Å²) in [5.74, 6) is -3.47. The number of carbonyl (C=O) groups excluding carboxylic acids is 1. The van der Waals surface area contributed by atoms with Gasteiger partial charge in [-0.1, -0.05) is 13.0 Å². The van der Waals surface area contributed by atoms with Crippen molar-refractivity contribution in [3.8, 4) is 0 Å². The minimum absolute atomic E-state index is 0.229. The van der Waals surface area contributed by atoms with Crippen molar-refractivity contribution in [2.24, 2.45) is 5.92 Å². The maximum Gasteiger partial charge on any atom is 0.338 e. The van der Waals surface area contributed by atoms with Gasteiger partial charge in [0.25, 0.3) is 5.31 Å². The minimum Gasteiger partial charge on any atom is -0.459 e. The van der Waals surface area contributed by atoms with Crippen molar-refractivity contribution in [2.75, 3.05) is 4.90 Å². The Labute approximate surface area is 151 Å². The molecule has 4 unspecified atom stereocenters. The molecule has 0 radical (unpaired) electrons. The number of aliphatic hydroxyl groups is 2. The predicted octanol–water partition coefficient (Wildman–Crippen LogP) is 2.53. The van der Waals surface area contributed by atoms with E-state index in [2.05, 4.69) is 5.32 Å². The summed E-state index contributed by atoms with van der Waals surface area (Å²) in [6.07, 6.45) is -1.39. The molecule has 1 aliphatic rings. The Morgan fingerprint density at radius 1 is 1.52 bits per heavy atom. The molecule has 8 heteroatoms. The molecule has 0 saturated carbocycles. The average Bonchev–Trinajstić information content (AvgIpc) is 2.44. The monoisotopic (exact) mass is 374 g/mol. The summed E-state index contributed by atoms with van der Waals surface area (Å²) in [5.41, 5.74) is 0.483. The van der Waals surface area contributed by atoms with Gasteiger partial charge in [-0.05, 0) is 57.0 Å². The van der Waals surface area contributed by atoms with E-state index in [4.69, 9.17) is 16.3 Å². The molecule has 0 aromatic heterocycles. The number of nitrogens with zero attached hydrogens (tertiary/aromatic N) is 1. The third-order valence-corrected chi connectivity index (χ3v) is 4.46. The number of nitrogens with one attached hydrogen (secondary N) is 1. The highest BCUT2D eigenvalue weighted by Gasteiger charge is 2.55. The van der Waals surface area contributed by atoms with Crippen LogP contribution in [0.3, 0.4) is 0 Å². The van der Waals surface area contributed by atoms with E-state index in [9.17, 15) is 19.4 Å². The number of anilines is 1. The van der Waals surface area contributed by atoms with E-state index in [1.165, 1.54) is 13.0 Å². The Morgan fingerprint density at radius 2 is 2.16 bits per heavy atom. The average molecular weight is 375 g/mol. The number of hydrogen-bond acceptors (Lipinski definition) is 6. The molecule has 3 N–H and O–H groups in total. The highest BCUT2D eigenvalue weighted by atomic mass is 35.5. The van der Waals surface area contributed by atoms with E-state index < -0.39 is 29.2 Å². The fourth-order valence-corrected chi connectivity index (χ4v) is 3.46. The quantitative estimate of drug-likeness (QED) is 0.427. The molecule has 1 saturated heterocycles. The van der Waals surface area contributed by atoms with E-state index in [0.29, 0.717) is 6.42 Å². The van der Waals surface area contributed by atoms with Gasteiger partial charge in [-0.2, -0.15) is 0 Å². The van der Waals surface area contributed by atoms with Crippen LogP contribution in [0.4, 0.5) is 10.1 Å². The van der Waals surface area contributed by atoms with Crippen LogP contribution < -0.4 is 10.2 Å². The predicted molar refractivity (Wildman–Crippen MR) is 92.7 cm³/mol. The molecule has 1 heterocycles. The summed E-state index contributed by atoms with van der Waals surface area (Å²) in [5, 5.41) is 21.0. The van der Waals surface area contributed by atoms with Gasteiger partial charge in [0, 0.05) is 5.69 Å². The van der Waals surface area contributed by atoms with Crippen molar-refractivity contribution in [3.63, 3.8) is 0 Å². The Hall–Kier alpha value is -1.41. The molecule has 0 amide bonds. The second-order valence-corrected chi connectivity index (χ2v) is 7.12. The molecule has 1 fully saturated rings. The van der Waals surface area contributed by atoms with E-state index in [0.717, 1.165) is 4.90 Å². The summed E-state index contributed by atoms with van der Waals surface area (Å²) in [6, 6.07) is 6.09. The third-order valence-electron chi connectivity index (χ3n) is 4.19. The van der Waals surface area contributed by atoms with E-state index >= 15 is 0 Å². The van der Waals surface area contributed by atoms with Gasteiger partial charge in [0.2, 0.25) is 0 Å². The molecule has 0 bridgehead atoms. The maximum atomic E-state index is 14.7. The van der Waals surface area contributed by atoms with Gasteiger partial charge in [-0.25, -0.2) is 14.5 Å². The molecular formula is C17H24ClFN2O4. The topological polar surface area (TPSA) is 82.0 Å². The fourth-order valence-electron chi connectivity index (χ4n) is 3.08. The van der Waals surface area contributed by atoms with Gasteiger partial charge < -0.3 is 14.9 Å². The van der Waals surface area contributed by atoms with Crippen molar-refractivity contribution >= 4 is 23.3 Å². The van der Waals surface area contributed by atoms with Crippen LogP contribution in [0.1, 0.15) is 44.5 Å². The Bertz CT molecular complexity index is 639. The number of benzene rings is 1. The molecule has 1 aliphatic heterocycles. The maximum absolute atomic E-state index is 14.7. The highest BCUT2D eigenvalue weighted by molar-refractivity contribution is 6.23. The van der Waals surface area contributed by atoms with Gasteiger partial charge >= 0.3 is 5.97 Å². The van der Waals surface area contributed by atoms with Crippen molar-refractivity contribution in [3.05, 3.63) is 29.8 Å². The molecular weight excluding hydrogens is 351 g/mol. The first-order valence-electron chi connectivity index (χ1n) is 8.17. The van der Waals surface area contributed by atoms with Crippen LogP contribution in [0.25, 0.3) is 0 Å². The number of rotatable bonds is 4. The summed E-state index contributed by atoms with van der Waals surface area (Å²) in [6.45, 7) is 6.39. The third kappa shape index (κ3) is 4.06. The van der Waals surface area contributed by atoms with Crippen LogP contribution >= 0.6 is 11.6 Å². The smallest absolute Gasteiger partial charge is 0.338 e. The standard InChI is InChI=1S/C17H24ClFN2O4/c1-5-13-14(22)21(17(18,24)20-16(13,4)19)12-8-6-7-11(9-12)15(23)25-10(2)3/h6-10,13-14,20,22,24H,5H2,1-4H3. The molecule has 1 aromatic rings. The van der Waals surface area contributed by atoms with Crippen molar-refractivity contribution in [1.29, 1.82) is 0 Å². The first-order chi connectivity index (χ1) is 11.5. The van der Waals surface area contributed by atoms with Crippen molar-refractivity contribution in [1.82, 2.24) is 5.32 Å². The van der Waals surface area contributed by atoms with Crippen molar-refractivity contribution < 1.29 is 24.1 Å². The van der Waals surface area contributed by atoms with Crippen LogP contribution in [0.2, 0.25) is 0 Å². The van der Waals surface area contributed by atoms with E-state index in [1.54, 1.807) is 39.0 Å². The summed E-state index contributed by atoms with van der Waals surface area (Å²) < 4.78 is 19.8. The van der Waals surface area contributed by atoms with Crippen LogP contribution in [0, 0.1) is 5.92 Å². The largest absolute Gasteiger partial charge is 0.459 e. The zero-order valence-corrected chi connectivity index (χ0v) is 15.4. The Morgan fingerprint density at radius 3 is 2.72 bits per heavy atom. The van der Waals surface area contributed by atoms with Crippen molar-refractivity contribution in [2.45, 2.75) is 57.5 Å². The number of carbonyl (C=O) groups is 1. The second kappa shape index (κ2) is 7.07. The number of aliphatic hydroxyl groups excluding tert-OH is 1. The normalized spacial score (nSPS) is 32.8. The number of halogens is 2. The van der Waals surface area contributed by atoms with Crippen LogP contribution in [0.15, 0.2) is 24.3 Å². The first kappa shape index (κ1) is 19.9. The number of hydrogen-bond donors (Lipinski definition) is 3. The summed E-state index contributed by atoms with van der Waals surface area (Å²) in [7, 11) is 0. The van der Waals surface area contributed by atoms with Gasteiger partial charge in [0.15, 0.2) is 5.79 Å². The van der Waals surface area contributed by atoms with E-state index in [1.807, 2.05) is 0 Å². The highest BCUT2D eigenvalue weighted by Crippen LogP contribution is 2.40. The Kier molecular flexibility index (Phi) is 5.63. The Balaban J connectivity index is 2.40. The number of alkyl halides is 2. The van der Waals surface area contributed by atoms with Gasteiger partial charge in [0.05, 0.1) is 17.6 Å². The SMILES string of the molecule is CCC1C(O)N(c2cccc(C(=O)OC(C)C)c2)C(O)(Cl)NC1(C)F. The molecule has 1 aromatic carbocycles. The summed E-state index contributed by atoms with van der Waals surface area (Å²) in [4.78, 5) is 13.1. The van der Waals surface area contributed by atoms with E-state index in [-0.39, 0.29) is 17.4 Å². The molecule has 2 rings (SSSR count). The van der Waals surface area contributed by atoms with Crippen LogP contribution in [0.5, 0.6) is 0 Å².